The highest BCUT2D eigenvalue weighted by Crippen LogP contribution is 2.38. The van der Waals surface area contributed by atoms with E-state index in [1.54, 1.807) is 42.6 Å². The van der Waals surface area contributed by atoms with E-state index in [-0.39, 0.29) is 5.82 Å². The minimum atomic E-state index is -0.351. The zero-order chi connectivity index (χ0) is 21.4. The Hall–Kier alpha value is -4.50. The second-order valence-electron chi connectivity index (χ2n) is 7.02. The van der Waals surface area contributed by atoms with Crippen molar-refractivity contribution in [3.05, 3.63) is 96.4 Å². The molecule has 148 valence electrons. The summed E-state index contributed by atoms with van der Waals surface area (Å²) < 4.78 is 14.6. The largest absolute Gasteiger partial charge is 0.426 e. The average molecular weight is 406 g/mol. The average Bonchev–Trinajstić information content (AvgIpc) is 3.16. The molecule has 6 heteroatoms. The summed E-state index contributed by atoms with van der Waals surface area (Å²) in [5.74, 6) is -0.0323. The number of imidazole rings is 1. The van der Waals surface area contributed by atoms with E-state index in [9.17, 15) is 9.60 Å². The number of pyridine rings is 1. The molecule has 2 aromatic heterocycles. The van der Waals surface area contributed by atoms with Gasteiger partial charge in [-0.05, 0) is 60.7 Å². The molecule has 0 fully saturated rings. The van der Waals surface area contributed by atoms with E-state index < -0.39 is 0 Å². The fourth-order valence-electron chi connectivity index (χ4n) is 3.65. The van der Waals surface area contributed by atoms with Crippen LogP contribution in [0, 0.1) is 17.1 Å². The lowest BCUT2D eigenvalue weighted by atomic mass is 10.0. The Kier molecular flexibility index (Phi) is 4.42. The van der Waals surface area contributed by atoms with E-state index in [1.807, 2.05) is 30.3 Å². The van der Waals surface area contributed by atoms with E-state index in [4.69, 9.17) is 10.2 Å². The molecule has 5 rings (SSSR count). The van der Waals surface area contributed by atoms with Gasteiger partial charge < -0.3 is 5.21 Å². The van der Waals surface area contributed by atoms with Crippen molar-refractivity contribution in [3.8, 4) is 40.0 Å². The minimum Gasteiger partial charge on any atom is -0.426 e. The predicted molar refractivity (Wildman–Crippen MR) is 116 cm³/mol. The van der Waals surface area contributed by atoms with Crippen molar-refractivity contribution in [2.45, 2.75) is 0 Å². The highest BCUT2D eigenvalue weighted by atomic mass is 19.1. The summed E-state index contributed by atoms with van der Waals surface area (Å²) in [7, 11) is 0. The summed E-state index contributed by atoms with van der Waals surface area (Å²) in [5, 5.41) is 21.1. The van der Waals surface area contributed by atoms with Crippen LogP contribution in [-0.4, -0.2) is 19.9 Å². The van der Waals surface area contributed by atoms with Crippen LogP contribution in [0.4, 0.5) is 4.39 Å². The third-order valence-corrected chi connectivity index (χ3v) is 5.15. The van der Waals surface area contributed by atoms with E-state index in [0.29, 0.717) is 33.9 Å². The highest BCUT2D eigenvalue weighted by Gasteiger charge is 2.22. The van der Waals surface area contributed by atoms with Gasteiger partial charge in [-0.15, -0.1) is 0 Å². The Morgan fingerprint density at radius 2 is 1.58 bits per heavy atom. The third kappa shape index (κ3) is 3.18. The fourth-order valence-corrected chi connectivity index (χ4v) is 3.65. The van der Waals surface area contributed by atoms with E-state index >= 15 is 0 Å². The number of nitrogens with zero attached hydrogens (tertiary/aromatic N) is 4. The van der Waals surface area contributed by atoms with Crippen LogP contribution in [0.15, 0.2) is 85.1 Å². The van der Waals surface area contributed by atoms with Crippen molar-refractivity contribution in [1.82, 2.24) is 14.7 Å². The van der Waals surface area contributed by atoms with Crippen LogP contribution in [0.1, 0.15) is 5.56 Å². The molecule has 0 bridgehead atoms. The lowest BCUT2D eigenvalue weighted by Gasteiger charge is -2.09. The van der Waals surface area contributed by atoms with Gasteiger partial charge in [0, 0.05) is 28.3 Å². The fraction of sp³-hybridized carbons (Fsp3) is 0. The van der Waals surface area contributed by atoms with Crippen molar-refractivity contribution in [1.29, 1.82) is 5.26 Å². The molecule has 0 atom stereocenters. The summed E-state index contributed by atoms with van der Waals surface area (Å²) in [6, 6.07) is 24.3. The monoisotopic (exact) mass is 406 g/mol. The molecule has 5 aromatic rings. The molecule has 31 heavy (non-hydrogen) atoms. The van der Waals surface area contributed by atoms with Crippen LogP contribution in [-0.2, 0) is 0 Å². The van der Waals surface area contributed by atoms with Crippen LogP contribution < -0.4 is 0 Å². The lowest BCUT2D eigenvalue weighted by molar-refractivity contribution is 0.195. The summed E-state index contributed by atoms with van der Waals surface area (Å²) in [5.41, 5.74) is 4.35. The van der Waals surface area contributed by atoms with E-state index in [2.05, 4.69) is 11.1 Å². The summed E-state index contributed by atoms with van der Waals surface area (Å²) >= 11 is 0. The predicted octanol–water partition coefficient (Wildman–Crippen LogP) is 5.68. The number of fused-ring (bicyclic) bond motifs is 1. The van der Waals surface area contributed by atoms with Crippen LogP contribution in [0.2, 0.25) is 0 Å². The molecule has 0 aliphatic heterocycles. The Morgan fingerprint density at radius 3 is 2.32 bits per heavy atom. The Bertz CT molecular complexity index is 1440. The van der Waals surface area contributed by atoms with E-state index in [0.717, 1.165) is 21.2 Å². The Balaban J connectivity index is 1.80. The number of aromatic nitrogens is 3. The first-order valence-electron chi connectivity index (χ1n) is 9.58. The van der Waals surface area contributed by atoms with Crippen molar-refractivity contribution in [2.75, 3.05) is 0 Å². The molecule has 0 unspecified atom stereocenters. The SMILES string of the molecule is N#Cc1ccc(-c2nc(-c3ccc(F)cc3)c(-c3ccnc4ccccc34)n2O)cc1. The molecular formula is C25H15FN4O. The maximum atomic E-state index is 13.5. The Morgan fingerprint density at radius 1 is 0.871 bits per heavy atom. The quantitative estimate of drug-likeness (QED) is 0.391. The molecule has 5 nitrogen and oxygen atoms in total. The smallest absolute Gasteiger partial charge is 0.176 e. The van der Waals surface area contributed by atoms with Gasteiger partial charge in [-0.2, -0.15) is 9.99 Å². The van der Waals surface area contributed by atoms with Gasteiger partial charge in [-0.1, -0.05) is 18.2 Å². The molecule has 0 amide bonds. The van der Waals surface area contributed by atoms with Gasteiger partial charge in [0.05, 0.1) is 17.1 Å². The molecule has 0 spiro atoms. The molecule has 1 N–H and O–H groups in total. The highest BCUT2D eigenvalue weighted by molar-refractivity contribution is 5.97. The zero-order valence-electron chi connectivity index (χ0n) is 16.2. The molecule has 0 aliphatic rings. The number of para-hydroxylation sites is 1. The molecule has 0 aliphatic carbocycles. The van der Waals surface area contributed by atoms with E-state index in [1.165, 1.54) is 12.1 Å². The van der Waals surface area contributed by atoms with Gasteiger partial charge >= 0.3 is 0 Å². The van der Waals surface area contributed by atoms with Gasteiger partial charge in [0.1, 0.15) is 17.2 Å². The number of hydrogen-bond donors (Lipinski definition) is 1. The number of halogens is 1. The van der Waals surface area contributed by atoms with Crippen molar-refractivity contribution >= 4 is 10.9 Å². The normalized spacial score (nSPS) is 10.8. The molecule has 2 heterocycles. The standard InChI is InChI=1S/C25H15FN4O/c26-19-11-9-17(10-12-19)23-24(21-13-14-28-22-4-2-1-3-20(21)22)30(31)25(29-23)18-7-5-16(15-27)6-8-18/h1-14,31H. The molecule has 0 saturated heterocycles. The molecular weight excluding hydrogens is 391 g/mol. The van der Waals surface area contributed by atoms with Crippen molar-refractivity contribution < 1.29 is 9.60 Å². The topological polar surface area (TPSA) is 74.7 Å². The van der Waals surface area contributed by atoms with Crippen molar-refractivity contribution in [3.63, 3.8) is 0 Å². The second kappa shape index (κ2) is 7.39. The lowest BCUT2D eigenvalue weighted by Crippen LogP contribution is -1.98. The first-order chi connectivity index (χ1) is 15.2. The summed E-state index contributed by atoms with van der Waals surface area (Å²) in [6.07, 6.45) is 1.68. The molecule has 0 saturated carbocycles. The van der Waals surface area contributed by atoms with Gasteiger partial charge in [0.25, 0.3) is 0 Å². The first kappa shape index (κ1) is 18.5. The number of nitriles is 1. The van der Waals surface area contributed by atoms with Crippen LogP contribution >= 0.6 is 0 Å². The molecule has 3 aromatic carbocycles. The summed E-state index contributed by atoms with van der Waals surface area (Å²) in [4.78, 5) is 9.11. The summed E-state index contributed by atoms with van der Waals surface area (Å²) in [6.45, 7) is 0. The van der Waals surface area contributed by atoms with Crippen molar-refractivity contribution in [2.24, 2.45) is 0 Å². The second-order valence-corrected chi connectivity index (χ2v) is 7.02. The first-order valence-corrected chi connectivity index (χ1v) is 9.58. The van der Waals surface area contributed by atoms with Gasteiger partial charge in [-0.3, -0.25) is 4.98 Å². The Labute approximate surface area is 177 Å². The number of rotatable bonds is 3. The molecule has 0 radical (unpaired) electrons. The number of benzene rings is 3. The van der Waals surface area contributed by atoms with Gasteiger partial charge in [0.15, 0.2) is 5.82 Å². The van der Waals surface area contributed by atoms with Crippen LogP contribution in [0.3, 0.4) is 0 Å². The van der Waals surface area contributed by atoms with Crippen LogP contribution in [0.5, 0.6) is 0 Å². The maximum absolute atomic E-state index is 13.5. The van der Waals surface area contributed by atoms with Gasteiger partial charge in [0.2, 0.25) is 0 Å². The van der Waals surface area contributed by atoms with Crippen LogP contribution in [0.25, 0.3) is 44.8 Å². The number of hydrogen-bond acceptors (Lipinski definition) is 4. The van der Waals surface area contributed by atoms with Gasteiger partial charge in [-0.25, -0.2) is 9.37 Å². The third-order valence-electron chi connectivity index (χ3n) is 5.15. The zero-order valence-corrected chi connectivity index (χ0v) is 16.2. The minimum absolute atomic E-state index is 0.319. The maximum Gasteiger partial charge on any atom is 0.176 e.